The molecule has 0 spiro atoms. The standard InChI is InChI=1S/C13H12F12O2/c1-4-7(26)27-6(3)9(16,17)11(20,21)13(24,25)12(22,23)10(18,19)8(14,15)5-2/h4,6H,1,5H2,2-3H3. The van der Waals surface area contributed by atoms with E-state index in [0.717, 1.165) is 0 Å². The predicted molar refractivity (Wildman–Crippen MR) is 65.7 cm³/mol. The summed E-state index contributed by atoms with van der Waals surface area (Å²) in [6, 6.07) is 0. The highest BCUT2D eigenvalue weighted by atomic mass is 19.4. The van der Waals surface area contributed by atoms with Gasteiger partial charge in [0.15, 0.2) is 6.10 Å². The van der Waals surface area contributed by atoms with Gasteiger partial charge >= 0.3 is 41.5 Å². The fraction of sp³-hybridized carbons (Fsp3) is 0.769. The van der Waals surface area contributed by atoms with Crippen molar-refractivity contribution in [2.45, 2.75) is 61.9 Å². The average molecular weight is 428 g/mol. The van der Waals surface area contributed by atoms with E-state index in [2.05, 4.69) is 11.3 Å². The summed E-state index contributed by atoms with van der Waals surface area (Å²) in [7, 11) is 0. The van der Waals surface area contributed by atoms with Gasteiger partial charge in [0.2, 0.25) is 0 Å². The lowest BCUT2D eigenvalue weighted by Gasteiger charge is -2.42. The van der Waals surface area contributed by atoms with Gasteiger partial charge < -0.3 is 4.74 Å². The number of alkyl halides is 12. The van der Waals surface area contributed by atoms with Crippen LogP contribution in [-0.4, -0.2) is 47.6 Å². The summed E-state index contributed by atoms with van der Waals surface area (Å²) in [5.74, 6) is -43.9. The van der Waals surface area contributed by atoms with Crippen molar-refractivity contribution in [2.24, 2.45) is 0 Å². The molecule has 0 saturated heterocycles. The second-order valence-electron chi connectivity index (χ2n) is 5.26. The fourth-order valence-corrected chi connectivity index (χ4v) is 1.61. The molecule has 0 rings (SSSR count). The SMILES string of the molecule is C=CC(=O)OC(C)C(F)(F)C(F)(F)C(F)(F)C(F)(F)C(F)(F)C(F)(F)CC. The first kappa shape index (κ1) is 25.4. The van der Waals surface area contributed by atoms with Crippen molar-refractivity contribution in [2.75, 3.05) is 0 Å². The Morgan fingerprint density at radius 1 is 0.852 bits per heavy atom. The number of halogens is 12. The highest BCUT2D eigenvalue weighted by Crippen LogP contribution is 2.61. The van der Waals surface area contributed by atoms with Crippen LogP contribution in [0.5, 0.6) is 0 Å². The first-order valence-corrected chi connectivity index (χ1v) is 6.79. The molecule has 27 heavy (non-hydrogen) atoms. The van der Waals surface area contributed by atoms with E-state index in [1.54, 1.807) is 0 Å². The normalized spacial score (nSPS) is 16.1. The van der Waals surface area contributed by atoms with Crippen LogP contribution in [0.3, 0.4) is 0 Å². The molecule has 0 radical (unpaired) electrons. The third kappa shape index (κ3) is 3.58. The molecule has 0 saturated carbocycles. The Labute approximate surface area is 144 Å². The van der Waals surface area contributed by atoms with Crippen LogP contribution < -0.4 is 0 Å². The smallest absolute Gasteiger partial charge is 0.384 e. The summed E-state index contributed by atoms with van der Waals surface area (Å²) >= 11 is 0. The van der Waals surface area contributed by atoms with Gasteiger partial charge in [-0.1, -0.05) is 13.5 Å². The van der Waals surface area contributed by atoms with E-state index in [0.29, 0.717) is 0 Å². The van der Waals surface area contributed by atoms with Crippen LogP contribution in [0.25, 0.3) is 0 Å². The van der Waals surface area contributed by atoms with E-state index < -0.39 is 54.0 Å². The summed E-state index contributed by atoms with van der Waals surface area (Å²) in [6.45, 7) is 2.66. The van der Waals surface area contributed by atoms with Crippen LogP contribution in [0.2, 0.25) is 0 Å². The molecule has 0 N–H and O–H groups in total. The van der Waals surface area contributed by atoms with Crippen molar-refractivity contribution in [1.29, 1.82) is 0 Å². The Morgan fingerprint density at radius 2 is 1.22 bits per heavy atom. The summed E-state index contributed by atoms with van der Waals surface area (Å²) in [5, 5.41) is 0. The van der Waals surface area contributed by atoms with E-state index in [9.17, 15) is 57.5 Å². The molecule has 2 nitrogen and oxygen atoms in total. The molecule has 1 atom stereocenters. The van der Waals surface area contributed by atoms with E-state index in [1.807, 2.05) is 0 Å². The lowest BCUT2D eigenvalue weighted by Crippen LogP contribution is -2.72. The van der Waals surface area contributed by atoms with Crippen molar-refractivity contribution >= 4 is 5.97 Å². The Bertz CT molecular complexity index is 570. The topological polar surface area (TPSA) is 26.3 Å². The number of carbonyl (C=O) groups is 1. The van der Waals surface area contributed by atoms with E-state index >= 15 is 0 Å². The zero-order valence-electron chi connectivity index (χ0n) is 13.4. The molecule has 160 valence electrons. The van der Waals surface area contributed by atoms with Crippen molar-refractivity contribution in [3.05, 3.63) is 12.7 Å². The first-order chi connectivity index (χ1) is 11.7. The molecular formula is C13H12F12O2. The molecule has 1 unspecified atom stereocenters. The highest BCUT2D eigenvalue weighted by Gasteiger charge is 2.90. The third-order valence-corrected chi connectivity index (χ3v) is 3.48. The molecule has 0 heterocycles. The Balaban J connectivity index is 6.29. The molecule has 14 heteroatoms. The second-order valence-corrected chi connectivity index (χ2v) is 5.26. The molecule has 0 amide bonds. The quantitative estimate of drug-likeness (QED) is 0.282. The average Bonchev–Trinajstić information content (AvgIpc) is 2.53. The summed E-state index contributed by atoms with van der Waals surface area (Å²) in [6.07, 6.45) is -5.62. The molecule has 0 fully saturated rings. The number of ether oxygens (including phenoxy) is 1. The maximum absolute atomic E-state index is 13.6. The Morgan fingerprint density at radius 3 is 1.56 bits per heavy atom. The van der Waals surface area contributed by atoms with Crippen molar-refractivity contribution < 1.29 is 62.2 Å². The Hall–Kier alpha value is -1.63. The molecular weight excluding hydrogens is 416 g/mol. The van der Waals surface area contributed by atoms with E-state index in [4.69, 9.17) is 0 Å². The van der Waals surface area contributed by atoms with Gasteiger partial charge in [-0.3, -0.25) is 0 Å². The van der Waals surface area contributed by atoms with Gasteiger partial charge in [0.25, 0.3) is 0 Å². The highest BCUT2D eigenvalue weighted by molar-refractivity contribution is 5.81. The largest absolute Gasteiger partial charge is 0.453 e. The molecule has 0 bridgehead atoms. The van der Waals surface area contributed by atoms with Gasteiger partial charge in [0.1, 0.15) is 0 Å². The monoisotopic (exact) mass is 428 g/mol. The van der Waals surface area contributed by atoms with Gasteiger partial charge in [0, 0.05) is 12.5 Å². The minimum atomic E-state index is -7.68. The number of esters is 1. The fourth-order valence-electron chi connectivity index (χ4n) is 1.61. The first-order valence-electron chi connectivity index (χ1n) is 6.79. The lowest BCUT2D eigenvalue weighted by atomic mass is 9.89. The second kappa shape index (κ2) is 7.08. The number of hydrogen-bond donors (Lipinski definition) is 0. The maximum Gasteiger partial charge on any atom is 0.384 e. The molecule has 0 aromatic rings. The van der Waals surface area contributed by atoms with Crippen LogP contribution in [0.1, 0.15) is 20.3 Å². The summed E-state index contributed by atoms with van der Waals surface area (Å²) in [4.78, 5) is 10.7. The molecule has 0 aliphatic heterocycles. The Kier molecular flexibility index (Phi) is 6.65. The van der Waals surface area contributed by atoms with Crippen LogP contribution in [0.15, 0.2) is 12.7 Å². The minimum absolute atomic E-state index is 0.118. The zero-order valence-corrected chi connectivity index (χ0v) is 13.4. The van der Waals surface area contributed by atoms with Gasteiger partial charge in [-0.15, -0.1) is 0 Å². The van der Waals surface area contributed by atoms with Gasteiger partial charge in [-0.2, -0.15) is 52.7 Å². The van der Waals surface area contributed by atoms with Crippen molar-refractivity contribution in [3.63, 3.8) is 0 Å². The van der Waals surface area contributed by atoms with Crippen LogP contribution >= 0.6 is 0 Å². The molecule has 0 aromatic carbocycles. The minimum Gasteiger partial charge on any atom is -0.453 e. The maximum atomic E-state index is 13.6. The number of carbonyl (C=O) groups excluding carboxylic acids is 1. The van der Waals surface area contributed by atoms with E-state index in [-0.39, 0.29) is 19.9 Å². The summed E-state index contributed by atoms with van der Waals surface area (Å²) < 4.78 is 164. The number of rotatable bonds is 9. The van der Waals surface area contributed by atoms with Gasteiger partial charge in [-0.05, 0) is 6.92 Å². The van der Waals surface area contributed by atoms with Crippen molar-refractivity contribution in [3.8, 4) is 0 Å². The van der Waals surface area contributed by atoms with E-state index in [1.165, 1.54) is 0 Å². The molecule has 0 aliphatic rings. The van der Waals surface area contributed by atoms with Crippen molar-refractivity contribution in [1.82, 2.24) is 0 Å². The third-order valence-electron chi connectivity index (χ3n) is 3.48. The van der Waals surface area contributed by atoms with Crippen LogP contribution in [0.4, 0.5) is 52.7 Å². The lowest BCUT2D eigenvalue weighted by molar-refractivity contribution is -0.430. The zero-order chi connectivity index (χ0) is 22.3. The summed E-state index contributed by atoms with van der Waals surface area (Å²) in [5.41, 5.74) is 0. The molecule has 0 aliphatic carbocycles. The molecule has 0 aromatic heterocycles. The van der Waals surface area contributed by atoms with Crippen LogP contribution in [-0.2, 0) is 9.53 Å². The van der Waals surface area contributed by atoms with Gasteiger partial charge in [0.05, 0.1) is 0 Å². The number of hydrogen-bond acceptors (Lipinski definition) is 2. The van der Waals surface area contributed by atoms with Gasteiger partial charge in [-0.25, -0.2) is 4.79 Å². The predicted octanol–water partition coefficient (Wildman–Crippen LogP) is 5.33. The van der Waals surface area contributed by atoms with Crippen LogP contribution in [0, 0.1) is 0 Å².